The molecule has 1 heterocycles. The number of aliphatic hydroxyl groups is 1. The summed E-state index contributed by atoms with van der Waals surface area (Å²) in [6.45, 7) is 9.77. The van der Waals surface area contributed by atoms with Gasteiger partial charge < -0.3 is 33.9 Å². The molecule has 6 aliphatic carbocycles. The van der Waals surface area contributed by atoms with Crippen molar-refractivity contribution < 1.29 is 53.1 Å². The van der Waals surface area contributed by atoms with Crippen molar-refractivity contribution in [2.45, 2.75) is 142 Å². The Kier molecular flexibility index (Phi) is 10.9. The Bertz CT molecular complexity index is 1410. The van der Waals surface area contributed by atoms with Gasteiger partial charge in [0.25, 0.3) is 0 Å². The fourth-order valence-corrected chi connectivity index (χ4v) is 12.6. The maximum atomic E-state index is 14.3. The van der Waals surface area contributed by atoms with E-state index in [4.69, 9.17) is 23.7 Å². The van der Waals surface area contributed by atoms with Gasteiger partial charge in [0.05, 0.1) is 41.0 Å². The number of aliphatic hydroxyl groups excluding tert-OH is 1. The highest BCUT2D eigenvalue weighted by Crippen LogP contribution is 2.55. The summed E-state index contributed by atoms with van der Waals surface area (Å²) in [5, 5.41) is 21.0. The molecule has 0 aromatic heterocycles. The normalized spacial score (nSPS) is 44.9. The van der Waals surface area contributed by atoms with Gasteiger partial charge in [0.2, 0.25) is 0 Å². The topological polar surface area (TPSA) is 155 Å². The Balaban J connectivity index is 1.07. The van der Waals surface area contributed by atoms with Crippen LogP contribution in [0.5, 0.6) is 0 Å². The van der Waals surface area contributed by atoms with Crippen molar-refractivity contribution in [3.63, 3.8) is 0 Å². The van der Waals surface area contributed by atoms with Gasteiger partial charge in [-0.3, -0.25) is 14.4 Å². The van der Waals surface area contributed by atoms with E-state index in [1.165, 1.54) is 0 Å². The van der Waals surface area contributed by atoms with Crippen LogP contribution in [0.3, 0.4) is 0 Å². The van der Waals surface area contributed by atoms with Crippen LogP contribution >= 0.6 is 0 Å². The molecule has 0 spiro atoms. The summed E-state index contributed by atoms with van der Waals surface area (Å²) in [6, 6.07) is 0. The van der Waals surface area contributed by atoms with E-state index in [0.717, 1.165) is 32.1 Å². The van der Waals surface area contributed by atoms with Crippen LogP contribution in [0.25, 0.3) is 0 Å². The van der Waals surface area contributed by atoms with E-state index in [2.05, 4.69) is 20.4 Å². The number of carbonyl (C=O) groups excluding carboxylic acids is 3. The van der Waals surface area contributed by atoms with E-state index in [0.29, 0.717) is 94.0 Å². The molecule has 53 heavy (non-hydrogen) atoms. The van der Waals surface area contributed by atoms with Gasteiger partial charge in [-0.05, 0) is 120 Å². The molecule has 6 saturated carbocycles. The molecule has 2 N–H and O–H groups in total. The summed E-state index contributed by atoms with van der Waals surface area (Å²) in [6.07, 6.45) is 9.96. The van der Waals surface area contributed by atoms with Crippen LogP contribution in [0.1, 0.15) is 124 Å². The zero-order valence-corrected chi connectivity index (χ0v) is 32.1. The molecule has 11 heteroatoms. The predicted molar refractivity (Wildman–Crippen MR) is 192 cm³/mol. The predicted octanol–water partition coefficient (Wildman–Crippen LogP) is 6.38. The van der Waals surface area contributed by atoms with E-state index in [-0.39, 0.29) is 56.1 Å². The molecule has 296 valence electrons. The zero-order chi connectivity index (χ0) is 37.8. The van der Waals surface area contributed by atoms with Crippen LogP contribution < -0.4 is 0 Å². The van der Waals surface area contributed by atoms with Gasteiger partial charge >= 0.3 is 23.9 Å². The molecular weight excluding hydrogens is 680 g/mol. The summed E-state index contributed by atoms with van der Waals surface area (Å²) in [7, 11) is 0. The number of ether oxygens (including phenoxy) is 5. The van der Waals surface area contributed by atoms with Crippen LogP contribution in [0, 0.1) is 57.2 Å². The lowest BCUT2D eigenvalue weighted by Crippen LogP contribution is -2.54. The van der Waals surface area contributed by atoms with Crippen molar-refractivity contribution in [2.24, 2.45) is 57.2 Å². The number of carbonyl (C=O) groups is 4. The van der Waals surface area contributed by atoms with Gasteiger partial charge in [-0.25, -0.2) is 4.79 Å². The molecule has 1 aliphatic heterocycles. The molecule has 6 bridgehead atoms. The van der Waals surface area contributed by atoms with Gasteiger partial charge in [0, 0.05) is 17.9 Å². The van der Waals surface area contributed by atoms with Crippen molar-refractivity contribution in [3.05, 3.63) is 12.2 Å². The maximum Gasteiger partial charge on any atom is 0.333 e. The molecule has 11 nitrogen and oxygen atoms in total. The minimum absolute atomic E-state index is 0.0695. The second kappa shape index (κ2) is 14.9. The van der Waals surface area contributed by atoms with E-state index < -0.39 is 52.1 Å². The van der Waals surface area contributed by atoms with Gasteiger partial charge in [0.15, 0.2) is 6.29 Å². The van der Waals surface area contributed by atoms with Crippen molar-refractivity contribution in [2.75, 3.05) is 26.4 Å². The first-order valence-corrected chi connectivity index (χ1v) is 20.5. The molecule has 0 amide bonds. The Morgan fingerprint density at radius 2 is 1.32 bits per heavy atom. The number of carboxylic acids is 1. The Hall–Kier alpha value is -2.50. The average molecular weight is 743 g/mol. The fraction of sp³-hybridized carbons (Fsp3) is 0.857. The van der Waals surface area contributed by atoms with Crippen molar-refractivity contribution in [3.8, 4) is 0 Å². The molecule has 7 fully saturated rings. The van der Waals surface area contributed by atoms with E-state index >= 15 is 0 Å². The van der Waals surface area contributed by atoms with Crippen molar-refractivity contribution in [1.29, 1.82) is 0 Å². The van der Waals surface area contributed by atoms with E-state index in [1.54, 1.807) is 6.92 Å². The Labute approximate surface area is 314 Å². The standard InChI is InChI=1S/C42H62O11/c1-25(2)34(44)53-33-12-30-9-27(4)14-42(17-30,20-33)38(48)52-24-39(23-51-37(47)41-13-26(3)8-29(16-41)11-32(43)19-41)21-49-35(50-22-39)31-10-28-6-5-7-40(15-28,18-31)36(45)46/h26-33,35,43H,1,5-24H2,2-4H3,(H,45,46). The highest BCUT2D eigenvalue weighted by molar-refractivity contribution is 5.87. The lowest BCUT2D eigenvalue weighted by molar-refractivity contribution is -0.275. The number of carboxylic acid groups (broad SMARTS) is 1. The Morgan fingerprint density at radius 1 is 0.736 bits per heavy atom. The van der Waals surface area contributed by atoms with Crippen molar-refractivity contribution >= 4 is 23.9 Å². The third-order valence-corrected chi connectivity index (χ3v) is 14.4. The maximum absolute atomic E-state index is 14.3. The summed E-state index contributed by atoms with van der Waals surface area (Å²) < 4.78 is 31.2. The number of rotatable bonds is 10. The van der Waals surface area contributed by atoms with E-state index in [9.17, 15) is 29.4 Å². The fourth-order valence-electron chi connectivity index (χ4n) is 12.6. The van der Waals surface area contributed by atoms with E-state index in [1.807, 2.05) is 0 Å². The first-order valence-electron chi connectivity index (χ1n) is 20.5. The minimum atomic E-state index is -0.975. The average Bonchev–Trinajstić information content (AvgIpc) is 3.08. The first-order chi connectivity index (χ1) is 25.1. The van der Waals surface area contributed by atoms with Gasteiger partial charge in [-0.15, -0.1) is 0 Å². The third-order valence-electron chi connectivity index (χ3n) is 14.4. The van der Waals surface area contributed by atoms with Crippen LogP contribution in [0.15, 0.2) is 12.2 Å². The molecule has 1 saturated heterocycles. The second-order valence-corrected chi connectivity index (χ2v) is 19.5. The van der Waals surface area contributed by atoms with Crippen LogP contribution in [-0.4, -0.2) is 79.0 Å². The zero-order valence-electron chi connectivity index (χ0n) is 32.1. The Morgan fingerprint density at radius 3 is 1.92 bits per heavy atom. The quantitative estimate of drug-likeness (QED) is 0.146. The molecule has 11 atom stereocenters. The number of hydrogen-bond donors (Lipinski definition) is 2. The third kappa shape index (κ3) is 7.95. The highest BCUT2D eigenvalue weighted by Gasteiger charge is 2.56. The summed E-state index contributed by atoms with van der Waals surface area (Å²) in [5.41, 5.74) is -2.94. The molecule has 0 radical (unpaired) electrons. The lowest BCUT2D eigenvalue weighted by Gasteiger charge is -2.50. The van der Waals surface area contributed by atoms with Gasteiger partial charge in [-0.1, -0.05) is 33.3 Å². The van der Waals surface area contributed by atoms with Crippen LogP contribution in [0.4, 0.5) is 0 Å². The largest absolute Gasteiger partial charge is 0.481 e. The molecule has 0 aromatic rings. The van der Waals surface area contributed by atoms with Crippen LogP contribution in [-0.2, 0) is 42.9 Å². The molecule has 0 aromatic carbocycles. The van der Waals surface area contributed by atoms with Gasteiger partial charge in [0.1, 0.15) is 19.3 Å². The second-order valence-electron chi connectivity index (χ2n) is 19.5. The first kappa shape index (κ1) is 38.8. The molecule has 11 unspecified atom stereocenters. The highest BCUT2D eigenvalue weighted by atomic mass is 16.7. The lowest BCUT2D eigenvalue weighted by atomic mass is 9.58. The number of esters is 3. The SMILES string of the molecule is C=C(C)C(=O)OC1CC2CC(C)CC(C(=O)OCC3(COC(=O)C45CC(C)CC(CC(O)C4)C5)COC(C4CC5CCCC(C(=O)O)(C5)C4)OC3)(C2)C1. The van der Waals surface area contributed by atoms with Crippen molar-refractivity contribution in [1.82, 2.24) is 0 Å². The number of hydrogen-bond acceptors (Lipinski definition) is 10. The summed E-state index contributed by atoms with van der Waals surface area (Å²) in [4.78, 5) is 53.3. The molecular formula is C42H62O11. The molecule has 7 aliphatic rings. The van der Waals surface area contributed by atoms with Gasteiger partial charge in [-0.2, -0.15) is 0 Å². The minimum Gasteiger partial charge on any atom is -0.481 e. The summed E-state index contributed by atoms with van der Waals surface area (Å²) in [5.74, 6) is -0.407. The number of aliphatic carboxylic acids is 1. The molecule has 7 rings (SSSR count). The number of fused-ring (bicyclic) bond motifs is 6. The summed E-state index contributed by atoms with van der Waals surface area (Å²) >= 11 is 0. The van der Waals surface area contributed by atoms with Crippen LogP contribution in [0.2, 0.25) is 0 Å². The smallest absolute Gasteiger partial charge is 0.333 e. The monoisotopic (exact) mass is 742 g/mol.